The fourth-order valence-corrected chi connectivity index (χ4v) is 8.68. The second-order valence-electron chi connectivity index (χ2n) is 17.1. The van der Waals surface area contributed by atoms with E-state index in [1.807, 2.05) is 109 Å². The first kappa shape index (κ1) is 57.4. The van der Waals surface area contributed by atoms with Gasteiger partial charge < -0.3 is 58.4 Å². The fourth-order valence-electron chi connectivity index (χ4n) is 8.17. The summed E-state index contributed by atoms with van der Waals surface area (Å²) in [4.78, 5) is 8.74. The Labute approximate surface area is 465 Å². The third-order valence-electron chi connectivity index (χ3n) is 12.0. The fraction of sp³-hybridized carbons (Fsp3) is 0.241. The largest absolute Gasteiger partial charge is 0.504 e. The molecule has 0 amide bonds. The van der Waals surface area contributed by atoms with Crippen LogP contribution in [0.1, 0.15) is 36.8 Å². The van der Waals surface area contributed by atoms with Gasteiger partial charge in [0.15, 0.2) is 46.0 Å². The maximum Gasteiger partial charge on any atom is 0.169 e. The number of rotatable bonds is 16. The Morgan fingerprint density at radius 1 is 0.603 bits per heavy atom. The van der Waals surface area contributed by atoms with Crippen LogP contribution in [-0.2, 0) is 9.47 Å². The average Bonchev–Trinajstić information content (AvgIpc) is 4.25. The molecule has 2 aliphatic heterocycles. The zero-order chi connectivity index (χ0) is 55.2. The molecular formula is C58H55B3BrN6O10. The van der Waals surface area contributed by atoms with Gasteiger partial charge in [-0.15, -0.1) is 0 Å². The number of para-hydroxylation sites is 4. The summed E-state index contributed by atoms with van der Waals surface area (Å²) >= 11 is 3.35. The maximum atomic E-state index is 10.0. The smallest absolute Gasteiger partial charge is 0.169 e. The number of nitrogens with zero attached hydrogens (tertiary/aromatic N) is 4. The van der Waals surface area contributed by atoms with Crippen LogP contribution < -0.4 is 43.8 Å². The van der Waals surface area contributed by atoms with Crippen LogP contribution in [0, 0.1) is 22.7 Å². The van der Waals surface area contributed by atoms with Crippen LogP contribution >= 0.6 is 15.9 Å². The predicted molar refractivity (Wildman–Crippen MR) is 308 cm³/mol. The summed E-state index contributed by atoms with van der Waals surface area (Å²) in [6, 6.07) is 40.9. The van der Waals surface area contributed by atoms with Crippen LogP contribution in [0.3, 0.4) is 0 Å². The number of ether oxygens (including phenoxy) is 9. The van der Waals surface area contributed by atoms with E-state index in [2.05, 4.69) is 64.1 Å². The normalized spacial score (nSPS) is 14.0. The lowest BCUT2D eigenvalue weighted by Crippen LogP contribution is -2.16. The molecule has 2 unspecified atom stereocenters. The Morgan fingerprint density at radius 2 is 1.04 bits per heavy atom. The molecule has 393 valence electrons. The van der Waals surface area contributed by atoms with E-state index in [-0.39, 0.29) is 11.9 Å². The molecule has 8 aromatic rings. The van der Waals surface area contributed by atoms with Gasteiger partial charge in [0.05, 0.1) is 74.2 Å². The van der Waals surface area contributed by atoms with Crippen molar-refractivity contribution in [3.63, 3.8) is 0 Å². The number of phenols is 1. The van der Waals surface area contributed by atoms with Gasteiger partial charge in [-0.2, -0.15) is 10.5 Å². The minimum Gasteiger partial charge on any atom is -0.504 e. The molecule has 0 spiro atoms. The van der Waals surface area contributed by atoms with Crippen molar-refractivity contribution in [2.24, 2.45) is 0 Å². The van der Waals surface area contributed by atoms with Gasteiger partial charge in [-0.05, 0) is 111 Å². The molecule has 78 heavy (non-hydrogen) atoms. The summed E-state index contributed by atoms with van der Waals surface area (Å²) in [5.74, 6) is 5.27. The van der Waals surface area contributed by atoms with Gasteiger partial charge in [-0.25, -0.2) is 0 Å². The number of fused-ring (bicyclic) bond motifs is 2. The minimum absolute atomic E-state index is 0.0176. The standard InChI is InChI=1S/C29H27N3O5.C24H19N3O4.C5H9BrO.B3/c1-33-25-7-3-4-8-26(25)37-21-11-9-20(10-12-21)32-29-19(16-30)17-31-24-15-28(27(34-2)14-23(24)29)36-18-22-6-5-13-35-22;1-29-21-5-3-4-6-22(21)31-17-9-7-16(8-10-17)27-24-15(13-25)14-26-19-12-20(28)23(30-2)11-18(19)24;6-4-5-2-1-3-7-5;1-3-2/h3-4,7-12,14-15,17,22H,5-6,13,18H2,1-2H3,(H,31,32);3-12,14,28H,1-2H3,(H,26,27);5H,1-4H2;. The second-order valence-corrected chi connectivity index (χ2v) is 17.8. The minimum atomic E-state index is -0.0176. The van der Waals surface area contributed by atoms with Gasteiger partial charge in [0.2, 0.25) is 0 Å². The lowest BCUT2D eigenvalue weighted by atomic mass is 9.40. The van der Waals surface area contributed by atoms with Gasteiger partial charge >= 0.3 is 0 Å². The number of nitrogens with one attached hydrogen (secondary N) is 2. The Hall–Kier alpha value is -8.29. The van der Waals surface area contributed by atoms with E-state index in [0.717, 1.165) is 55.2 Å². The van der Waals surface area contributed by atoms with Crippen molar-refractivity contribution in [3.05, 3.63) is 145 Å². The van der Waals surface area contributed by atoms with E-state index in [1.165, 1.54) is 32.2 Å². The summed E-state index contributed by atoms with van der Waals surface area (Å²) in [6.07, 6.45) is 8.14. The van der Waals surface area contributed by atoms with Crippen molar-refractivity contribution < 1.29 is 47.7 Å². The number of methoxy groups -OCH3 is 4. The highest BCUT2D eigenvalue weighted by Crippen LogP contribution is 2.40. The zero-order valence-corrected chi connectivity index (χ0v) is 45.1. The van der Waals surface area contributed by atoms with E-state index in [0.29, 0.717) is 103 Å². The molecule has 2 fully saturated rings. The quantitative estimate of drug-likeness (QED) is 0.0609. The van der Waals surface area contributed by atoms with E-state index < -0.39 is 0 Å². The lowest BCUT2D eigenvalue weighted by molar-refractivity contribution is 0.0670. The average molecular weight is 1110 g/mol. The Kier molecular flexibility index (Phi) is 21.6. The number of alkyl halides is 1. The summed E-state index contributed by atoms with van der Waals surface area (Å²) in [7, 11) is 16.3. The number of phenolic OH excluding ortho intramolecular Hbond substituents is 1. The zero-order valence-electron chi connectivity index (χ0n) is 43.5. The number of hydrogen-bond donors (Lipinski definition) is 3. The molecule has 2 saturated heterocycles. The maximum absolute atomic E-state index is 10.0. The SMILES string of the molecule is BrCC1CCCO1.COc1cc2c(Nc3ccc(Oc4ccccc4OC)cc3)c(C#N)cnc2cc1O.COc1cc2c(Nc3ccc(Oc4ccccc4OC)cc3)c(C#N)cnc2cc1OCC1CCCO1.[B][B][B]. The predicted octanol–water partition coefficient (Wildman–Crippen LogP) is 12.0. The highest BCUT2D eigenvalue weighted by atomic mass is 79.9. The molecule has 20 heteroatoms. The van der Waals surface area contributed by atoms with Crippen molar-refractivity contribution in [1.29, 1.82) is 10.5 Å². The number of pyridine rings is 2. The van der Waals surface area contributed by atoms with Crippen molar-refractivity contribution in [3.8, 4) is 69.6 Å². The first-order valence-electron chi connectivity index (χ1n) is 24.7. The van der Waals surface area contributed by atoms with Crippen molar-refractivity contribution in [1.82, 2.24) is 9.97 Å². The van der Waals surface area contributed by atoms with E-state index in [9.17, 15) is 15.6 Å². The number of aromatic hydroxyl groups is 1. The summed E-state index contributed by atoms with van der Waals surface area (Å²) in [5.41, 5.74) is 4.75. The molecule has 0 bridgehead atoms. The molecular weight excluding hydrogens is 1050 g/mol. The topological polar surface area (TPSA) is 201 Å². The number of nitriles is 2. The number of benzene rings is 6. The number of anilines is 4. The highest BCUT2D eigenvalue weighted by Gasteiger charge is 2.20. The molecule has 4 heterocycles. The molecule has 0 saturated carbocycles. The molecule has 6 aromatic carbocycles. The summed E-state index contributed by atoms with van der Waals surface area (Å²) < 4.78 is 50.3. The van der Waals surface area contributed by atoms with Gasteiger partial charge in [0.1, 0.15) is 30.2 Å². The van der Waals surface area contributed by atoms with E-state index in [1.54, 1.807) is 33.6 Å². The molecule has 0 aliphatic carbocycles. The van der Waals surface area contributed by atoms with Crippen LogP contribution in [0.15, 0.2) is 134 Å². The van der Waals surface area contributed by atoms with E-state index in [4.69, 9.17) is 42.6 Å². The third-order valence-corrected chi connectivity index (χ3v) is 12.8. The van der Waals surface area contributed by atoms with E-state index >= 15 is 0 Å². The van der Waals surface area contributed by atoms with Crippen LogP contribution in [-0.4, -0.2) is 103 Å². The lowest BCUT2D eigenvalue weighted by Gasteiger charge is -2.17. The molecule has 3 N–H and O–H groups in total. The molecule has 2 aromatic heterocycles. The van der Waals surface area contributed by atoms with Gasteiger partial charge in [-0.1, -0.05) is 40.2 Å². The number of aromatic nitrogens is 2. The Bertz CT molecular complexity index is 3320. The Balaban J connectivity index is 0.000000194. The van der Waals surface area contributed by atoms with Gasteiger partial charge in [0, 0.05) is 87.8 Å². The third kappa shape index (κ3) is 15.2. The molecule has 2 atom stereocenters. The monoisotopic (exact) mass is 1110 g/mol. The Morgan fingerprint density at radius 3 is 1.45 bits per heavy atom. The number of hydrogen-bond acceptors (Lipinski definition) is 16. The van der Waals surface area contributed by atoms with Crippen LogP contribution in [0.25, 0.3) is 21.8 Å². The van der Waals surface area contributed by atoms with Crippen molar-refractivity contribution >= 4 is 83.0 Å². The highest BCUT2D eigenvalue weighted by molar-refractivity contribution is 9.09. The summed E-state index contributed by atoms with van der Waals surface area (Å²) in [5, 5.41) is 38.4. The summed E-state index contributed by atoms with van der Waals surface area (Å²) in [6.45, 7) is 2.19. The van der Waals surface area contributed by atoms with Crippen LogP contribution in [0.5, 0.6) is 57.5 Å². The van der Waals surface area contributed by atoms with Crippen molar-refractivity contribution in [2.75, 3.05) is 64.2 Å². The molecule has 5 radical (unpaired) electrons. The van der Waals surface area contributed by atoms with Gasteiger partial charge in [0.25, 0.3) is 0 Å². The van der Waals surface area contributed by atoms with Crippen LogP contribution in [0.2, 0.25) is 0 Å². The van der Waals surface area contributed by atoms with Crippen LogP contribution in [0.4, 0.5) is 22.7 Å². The first-order chi connectivity index (χ1) is 38.1. The van der Waals surface area contributed by atoms with Gasteiger partial charge in [-0.3, -0.25) is 9.97 Å². The molecule has 2 aliphatic rings. The van der Waals surface area contributed by atoms with Crippen molar-refractivity contribution in [2.45, 2.75) is 37.9 Å². The second kappa shape index (κ2) is 29.3. The molecule has 10 rings (SSSR count). The first-order valence-corrected chi connectivity index (χ1v) is 25.8. The number of halogens is 1. The molecule has 16 nitrogen and oxygen atoms in total.